The van der Waals surface area contributed by atoms with Gasteiger partial charge in [-0.25, -0.2) is 9.59 Å². The van der Waals surface area contributed by atoms with E-state index in [1.54, 1.807) is 18.2 Å². The zero-order valence-corrected chi connectivity index (χ0v) is 32.2. The monoisotopic (exact) mass is 744 g/mol. The molecule has 266 valence electrons. The van der Waals surface area contributed by atoms with E-state index < -0.39 is 11.9 Å². The molecule has 0 aliphatic heterocycles. The summed E-state index contributed by atoms with van der Waals surface area (Å²) < 4.78 is 12.0. The average molecular weight is 745 g/mol. The molecule has 0 unspecified atom stereocenters. The Morgan fingerprint density at radius 2 is 0.630 bits per heavy atom. The van der Waals surface area contributed by atoms with Gasteiger partial charge in [-0.05, 0) is 117 Å². The zero-order valence-electron chi connectivity index (χ0n) is 30.6. The highest BCUT2D eigenvalue weighted by molar-refractivity contribution is 7.97. The van der Waals surface area contributed by atoms with Crippen LogP contribution < -0.4 is 9.47 Å². The predicted octanol–water partition coefficient (Wildman–Crippen LogP) is 11.5. The third kappa shape index (κ3) is 8.05. The normalized spacial score (nSPS) is 11.1. The molecule has 0 heterocycles. The Labute approximate surface area is 323 Å². The van der Waals surface area contributed by atoms with Gasteiger partial charge < -0.3 is 9.47 Å². The number of carbonyl (C=O) groups excluding carboxylic acids is 2. The second-order valence-electron chi connectivity index (χ2n) is 13.0. The van der Waals surface area contributed by atoms with Crippen molar-refractivity contribution in [3.05, 3.63) is 203 Å². The van der Waals surface area contributed by atoms with Gasteiger partial charge in [-0.2, -0.15) is 0 Å². The van der Waals surface area contributed by atoms with Crippen LogP contribution in [0.5, 0.6) is 11.5 Å². The van der Waals surface area contributed by atoms with Gasteiger partial charge in [0, 0.05) is 24.3 Å². The Morgan fingerprint density at radius 1 is 0.352 bits per heavy atom. The Balaban J connectivity index is 1.10. The third-order valence-electron chi connectivity index (χ3n) is 8.98. The number of aryl methyl sites for hydroxylation is 4. The van der Waals surface area contributed by atoms with Crippen molar-refractivity contribution in [1.29, 1.82) is 0 Å². The highest BCUT2D eigenvalue weighted by atomic mass is 32.2. The first-order valence-corrected chi connectivity index (χ1v) is 20.2. The van der Waals surface area contributed by atoms with Crippen molar-refractivity contribution in [2.45, 2.75) is 57.1 Å². The number of hydrogen-bond donors (Lipinski definition) is 0. The van der Waals surface area contributed by atoms with Crippen molar-refractivity contribution >= 4 is 33.7 Å². The molecule has 0 amide bonds. The fraction of sp³-hybridized carbons (Fsp3) is 0.0833. The second-order valence-corrected chi connectivity index (χ2v) is 17.0. The molecular weight excluding hydrogens is 705 g/mol. The predicted molar refractivity (Wildman–Crippen MR) is 218 cm³/mol. The van der Waals surface area contributed by atoms with Crippen LogP contribution in [-0.2, 0) is 21.8 Å². The summed E-state index contributed by atoms with van der Waals surface area (Å²) in [7, 11) is -0.669. The highest BCUT2D eigenvalue weighted by Crippen LogP contribution is 2.37. The number of ether oxygens (including phenoxy) is 2. The lowest BCUT2D eigenvalue weighted by molar-refractivity contribution is 0.0732. The first-order valence-electron chi connectivity index (χ1n) is 17.7. The highest BCUT2D eigenvalue weighted by Gasteiger charge is 2.31. The molecule has 0 aromatic heterocycles. The number of benzene rings is 7. The van der Waals surface area contributed by atoms with Gasteiger partial charge in [0.2, 0.25) is 0 Å². The summed E-state index contributed by atoms with van der Waals surface area (Å²) in [6.45, 7) is 7.84. The minimum absolute atomic E-state index is 0.263. The van der Waals surface area contributed by atoms with Crippen molar-refractivity contribution in [3.8, 4) is 11.5 Å². The molecule has 7 rings (SSSR count). The molecule has 0 fully saturated rings. The van der Waals surface area contributed by atoms with E-state index in [4.69, 9.17) is 9.47 Å². The number of esters is 2. The van der Waals surface area contributed by atoms with Gasteiger partial charge in [-0.15, -0.1) is 0 Å². The van der Waals surface area contributed by atoms with Crippen LogP contribution in [0.25, 0.3) is 0 Å². The molecule has 7 aromatic rings. The van der Waals surface area contributed by atoms with E-state index in [0.717, 1.165) is 32.0 Å². The van der Waals surface area contributed by atoms with E-state index in [1.807, 2.05) is 52.0 Å². The van der Waals surface area contributed by atoms with Crippen molar-refractivity contribution in [3.63, 3.8) is 0 Å². The number of rotatable bonds is 10. The van der Waals surface area contributed by atoms with E-state index in [-0.39, 0.29) is 32.9 Å². The van der Waals surface area contributed by atoms with E-state index >= 15 is 0 Å². The molecule has 0 atom stereocenters. The minimum Gasteiger partial charge on any atom is -0.422 e. The molecule has 7 aromatic carbocycles. The maximum atomic E-state index is 13.6. The van der Waals surface area contributed by atoms with Crippen LogP contribution in [-0.4, -0.2) is 11.9 Å². The van der Waals surface area contributed by atoms with Crippen LogP contribution in [0, 0.1) is 27.7 Å². The van der Waals surface area contributed by atoms with Crippen LogP contribution in [0.4, 0.5) is 0 Å². The minimum atomic E-state index is -0.542. The molecule has 0 bridgehead atoms. The number of carbonyl (C=O) groups is 2. The molecule has 54 heavy (non-hydrogen) atoms. The third-order valence-corrected chi connectivity index (χ3v) is 13.4. The van der Waals surface area contributed by atoms with E-state index in [9.17, 15) is 9.59 Å². The van der Waals surface area contributed by atoms with Crippen molar-refractivity contribution < 1.29 is 19.1 Å². The van der Waals surface area contributed by atoms with Gasteiger partial charge in [0.25, 0.3) is 0 Å². The van der Waals surface area contributed by atoms with E-state index in [1.165, 1.54) is 25.6 Å². The Hall–Kier alpha value is -5.82. The van der Waals surface area contributed by atoms with Gasteiger partial charge >= 0.3 is 11.9 Å². The summed E-state index contributed by atoms with van der Waals surface area (Å²) in [5.74, 6) is -0.0610. The summed E-state index contributed by atoms with van der Waals surface area (Å²) in [5.41, 5.74) is 3.95. The van der Waals surface area contributed by atoms with Crippen LogP contribution in [0.15, 0.2) is 199 Å². The van der Waals surface area contributed by atoms with Gasteiger partial charge in [-0.3, -0.25) is 0 Å². The maximum Gasteiger partial charge on any atom is 0.343 e. The largest absolute Gasteiger partial charge is 0.422 e. The summed E-state index contributed by atoms with van der Waals surface area (Å²) in [6, 6.07) is 56.7. The first kappa shape index (κ1) is 36.5. The topological polar surface area (TPSA) is 52.6 Å². The SMILES string of the molecule is Cc1cc([S+](c2ccccc2)c2ccccc2)cc(C)c1OC(=O)c1cccc(C(=O)Oc2c(C)cc([S+](c3ccccc3)c3ccccc3)cc2C)c1. The van der Waals surface area contributed by atoms with Crippen LogP contribution in [0.2, 0.25) is 0 Å². The standard InChI is InChI=1S/C48H40O4S2/c1-33-28-43(53(39-20-9-5-10-21-39)40-22-11-6-12-23-40)29-34(2)45(33)51-47(49)37-18-17-19-38(32-37)48(50)52-46-35(3)30-44(31-36(46)4)54(41-24-13-7-14-25-41)42-26-15-8-16-27-42/h5-32H,1-4H3/q+2. The molecule has 0 saturated heterocycles. The van der Waals surface area contributed by atoms with Crippen LogP contribution in [0.3, 0.4) is 0 Å². The van der Waals surface area contributed by atoms with Crippen molar-refractivity contribution in [2.75, 3.05) is 0 Å². The molecular formula is C48H40O4S2+2. The second kappa shape index (κ2) is 16.5. The van der Waals surface area contributed by atoms with E-state index in [2.05, 4.69) is 121 Å². The summed E-state index contributed by atoms with van der Waals surface area (Å²) in [4.78, 5) is 34.3. The lowest BCUT2D eigenvalue weighted by atomic mass is 10.1. The molecule has 0 aliphatic rings. The zero-order chi connectivity index (χ0) is 37.6. The van der Waals surface area contributed by atoms with Crippen molar-refractivity contribution in [2.24, 2.45) is 0 Å². The quantitative estimate of drug-likeness (QED) is 0.0795. The summed E-state index contributed by atoms with van der Waals surface area (Å²) in [5, 5.41) is 0. The maximum absolute atomic E-state index is 13.6. The Morgan fingerprint density at radius 3 is 0.907 bits per heavy atom. The molecule has 0 radical (unpaired) electrons. The van der Waals surface area contributed by atoms with Gasteiger partial charge in [-0.1, -0.05) is 78.9 Å². The fourth-order valence-electron chi connectivity index (χ4n) is 6.50. The van der Waals surface area contributed by atoms with Crippen LogP contribution >= 0.6 is 0 Å². The average Bonchev–Trinajstić information content (AvgIpc) is 3.19. The molecule has 6 heteroatoms. The Kier molecular flexibility index (Phi) is 11.1. The number of hydrogen-bond acceptors (Lipinski definition) is 4. The van der Waals surface area contributed by atoms with Crippen LogP contribution in [0.1, 0.15) is 43.0 Å². The van der Waals surface area contributed by atoms with Gasteiger partial charge in [0.05, 0.1) is 32.9 Å². The smallest absolute Gasteiger partial charge is 0.343 e. The summed E-state index contributed by atoms with van der Waals surface area (Å²) in [6.07, 6.45) is 0. The van der Waals surface area contributed by atoms with E-state index in [0.29, 0.717) is 11.5 Å². The molecule has 0 aliphatic carbocycles. The first-order chi connectivity index (χ1) is 26.3. The summed E-state index contributed by atoms with van der Waals surface area (Å²) >= 11 is 0. The molecule has 4 nitrogen and oxygen atoms in total. The Bertz CT molecular complexity index is 2120. The van der Waals surface area contributed by atoms with Gasteiger partial charge in [0.15, 0.2) is 29.4 Å². The lowest BCUT2D eigenvalue weighted by Gasteiger charge is -2.15. The molecule has 0 N–H and O–H groups in total. The molecule has 0 spiro atoms. The fourth-order valence-corrected chi connectivity index (χ4v) is 11.0. The van der Waals surface area contributed by atoms with Crippen molar-refractivity contribution in [1.82, 2.24) is 0 Å². The molecule has 0 saturated carbocycles. The lowest BCUT2D eigenvalue weighted by Crippen LogP contribution is -2.15. The van der Waals surface area contributed by atoms with Gasteiger partial charge in [0.1, 0.15) is 11.5 Å².